The van der Waals surface area contributed by atoms with Crippen LogP contribution in [0, 0.1) is 5.41 Å². The Morgan fingerprint density at radius 2 is 2.00 bits per heavy atom. The van der Waals surface area contributed by atoms with Gasteiger partial charge < -0.3 is 5.11 Å². The van der Waals surface area contributed by atoms with Gasteiger partial charge in [-0.1, -0.05) is 6.42 Å². The van der Waals surface area contributed by atoms with Gasteiger partial charge in [-0.3, -0.25) is 4.79 Å². The molecular formula is C6H8F2O2. The summed E-state index contributed by atoms with van der Waals surface area (Å²) in [6.45, 7) is 0. The number of halogens is 2. The van der Waals surface area contributed by atoms with Crippen LogP contribution in [0.3, 0.4) is 0 Å². The van der Waals surface area contributed by atoms with Gasteiger partial charge in [-0.2, -0.15) is 0 Å². The van der Waals surface area contributed by atoms with Gasteiger partial charge in [-0.05, 0) is 12.8 Å². The van der Waals surface area contributed by atoms with E-state index in [0.717, 1.165) is 0 Å². The second-order valence-electron chi connectivity index (χ2n) is 2.62. The summed E-state index contributed by atoms with van der Waals surface area (Å²) in [5, 5.41) is 8.37. The van der Waals surface area contributed by atoms with Gasteiger partial charge in [0.1, 0.15) is 5.41 Å². The second kappa shape index (κ2) is 2.18. The SMILES string of the molecule is O=C(O)C1(C(F)F)CCC1. The molecule has 4 heteroatoms. The number of carbonyl (C=O) groups is 1. The topological polar surface area (TPSA) is 37.3 Å². The van der Waals surface area contributed by atoms with Gasteiger partial charge >= 0.3 is 5.97 Å². The fourth-order valence-corrected chi connectivity index (χ4v) is 1.08. The van der Waals surface area contributed by atoms with Crippen LogP contribution in [0.2, 0.25) is 0 Å². The molecule has 0 aromatic heterocycles. The highest BCUT2D eigenvalue weighted by atomic mass is 19.3. The van der Waals surface area contributed by atoms with Gasteiger partial charge in [0.05, 0.1) is 0 Å². The molecule has 10 heavy (non-hydrogen) atoms. The first kappa shape index (κ1) is 7.44. The van der Waals surface area contributed by atoms with Gasteiger partial charge in [0.15, 0.2) is 0 Å². The zero-order valence-corrected chi connectivity index (χ0v) is 5.31. The van der Waals surface area contributed by atoms with Gasteiger partial charge in [0.25, 0.3) is 6.43 Å². The van der Waals surface area contributed by atoms with Gasteiger partial charge in [-0.25, -0.2) is 8.78 Å². The Morgan fingerprint density at radius 1 is 1.50 bits per heavy atom. The van der Waals surface area contributed by atoms with E-state index in [2.05, 4.69) is 0 Å². The Hall–Kier alpha value is -0.670. The van der Waals surface area contributed by atoms with Crippen molar-refractivity contribution in [2.45, 2.75) is 25.7 Å². The monoisotopic (exact) mass is 150 g/mol. The average Bonchev–Trinajstić information content (AvgIpc) is 1.57. The van der Waals surface area contributed by atoms with Crippen molar-refractivity contribution in [2.24, 2.45) is 5.41 Å². The number of aliphatic carboxylic acids is 1. The van der Waals surface area contributed by atoms with E-state index in [0.29, 0.717) is 6.42 Å². The summed E-state index contributed by atoms with van der Waals surface area (Å²) < 4.78 is 24.0. The number of carboxylic acid groups (broad SMARTS) is 1. The largest absolute Gasteiger partial charge is 0.481 e. The molecule has 0 spiro atoms. The first-order valence-corrected chi connectivity index (χ1v) is 3.11. The predicted octanol–water partition coefficient (Wildman–Crippen LogP) is 1.51. The maximum absolute atomic E-state index is 12.0. The lowest BCUT2D eigenvalue weighted by atomic mass is 9.69. The lowest BCUT2D eigenvalue weighted by molar-refractivity contribution is -0.169. The van der Waals surface area contributed by atoms with Crippen molar-refractivity contribution >= 4 is 5.97 Å². The quantitative estimate of drug-likeness (QED) is 0.647. The molecule has 0 atom stereocenters. The maximum atomic E-state index is 12.0. The third-order valence-electron chi connectivity index (χ3n) is 2.09. The smallest absolute Gasteiger partial charge is 0.315 e. The van der Waals surface area contributed by atoms with E-state index in [4.69, 9.17) is 5.11 Å². The second-order valence-corrected chi connectivity index (χ2v) is 2.62. The van der Waals surface area contributed by atoms with E-state index in [1.54, 1.807) is 0 Å². The number of rotatable bonds is 2. The molecule has 1 N–H and O–H groups in total. The Morgan fingerprint density at radius 3 is 2.00 bits per heavy atom. The highest BCUT2D eigenvalue weighted by Gasteiger charge is 2.52. The molecule has 1 aliphatic carbocycles. The first-order valence-electron chi connectivity index (χ1n) is 3.11. The van der Waals surface area contributed by atoms with Crippen LogP contribution >= 0.6 is 0 Å². The standard InChI is InChI=1S/C6H8F2O2/c7-4(8)6(5(9)10)2-1-3-6/h4H,1-3H2,(H,9,10). The highest BCUT2D eigenvalue weighted by molar-refractivity contribution is 5.76. The maximum Gasteiger partial charge on any atom is 0.315 e. The molecule has 58 valence electrons. The van der Waals surface area contributed by atoms with E-state index in [1.807, 2.05) is 0 Å². The minimum atomic E-state index is -2.71. The Bertz CT molecular complexity index is 152. The summed E-state index contributed by atoms with van der Waals surface area (Å²) in [5.41, 5.74) is -1.69. The Labute approximate surface area is 56.8 Å². The van der Waals surface area contributed by atoms with Crippen molar-refractivity contribution in [2.75, 3.05) is 0 Å². The molecule has 2 nitrogen and oxygen atoms in total. The average molecular weight is 150 g/mol. The molecule has 0 aromatic rings. The molecule has 1 aliphatic rings. The van der Waals surface area contributed by atoms with Gasteiger partial charge in [-0.15, -0.1) is 0 Å². The lowest BCUT2D eigenvalue weighted by Crippen LogP contribution is -2.44. The van der Waals surface area contributed by atoms with E-state index in [-0.39, 0.29) is 12.8 Å². The molecule has 0 heterocycles. The van der Waals surface area contributed by atoms with Gasteiger partial charge in [0.2, 0.25) is 0 Å². The van der Waals surface area contributed by atoms with Crippen molar-refractivity contribution in [3.63, 3.8) is 0 Å². The van der Waals surface area contributed by atoms with Crippen LogP contribution in [0.15, 0.2) is 0 Å². The fourth-order valence-electron chi connectivity index (χ4n) is 1.08. The number of alkyl halides is 2. The van der Waals surface area contributed by atoms with E-state index < -0.39 is 17.8 Å². The molecule has 0 aromatic carbocycles. The molecule has 0 bridgehead atoms. The lowest BCUT2D eigenvalue weighted by Gasteiger charge is -2.36. The van der Waals surface area contributed by atoms with Crippen LogP contribution in [0.4, 0.5) is 8.78 Å². The Balaban J connectivity index is 2.68. The first-order chi connectivity index (χ1) is 4.59. The summed E-state index contributed by atoms with van der Waals surface area (Å²) in [6, 6.07) is 0. The third kappa shape index (κ3) is 0.786. The summed E-state index contributed by atoms with van der Waals surface area (Å²) in [4.78, 5) is 10.3. The van der Waals surface area contributed by atoms with E-state index >= 15 is 0 Å². The fraction of sp³-hybridized carbons (Fsp3) is 0.833. The van der Waals surface area contributed by atoms with E-state index in [9.17, 15) is 13.6 Å². The molecule has 0 amide bonds. The zero-order chi connectivity index (χ0) is 7.78. The van der Waals surface area contributed by atoms with Crippen molar-refractivity contribution in [3.05, 3.63) is 0 Å². The molecule has 0 aliphatic heterocycles. The van der Waals surface area contributed by atoms with Crippen LogP contribution in [-0.2, 0) is 4.79 Å². The van der Waals surface area contributed by atoms with Crippen LogP contribution in [-0.4, -0.2) is 17.5 Å². The molecule has 1 fully saturated rings. The van der Waals surface area contributed by atoms with Crippen molar-refractivity contribution in [3.8, 4) is 0 Å². The van der Waals surface area contributed by atoms with Crippen LogP contribution in [0.1, 0.15) is 19.3 Å². The predicted molar refractivity (Wildman–Crippen MR) is 29.9 cm³/mol. The minimum Gasteiger partial charge on any atom is -0.481 e. The van der Waals surface area contributed by atoms with Crippen LogP contribution in [0.25, 0.3) is 0 Å². The van der Waals surface area contributed by atoms with E-state index in [1.165, 1.54) is 0 Å². The van der Waals surface area contributed by atoms with Crippen LogP contribution < -0.4 is 0 Å². The van der Waals surface area contributed by atoms with Gasteiger partial charge in [0, 0.05) is 0 Å². The highest BCUT2D eigenvalue weighted by Crippen LogP contribution is 2.45. The Kier molecular flexibility index (Phi) is 1.62. The molecule has 1 rings (SSSR count). The summed E-state index contributed by atoms with van der Waals surface area (Å²) in [6.07, 6.45) is -1.85. The zero-order valence-electron chi connectivity index (χ0n) is 5.31. The normalized spacial score (nSPS) is 22.3. The summed E-state index contributed by atoms with van der Waals surface area (Å²) in [7, 11) is 0. The third-order valence-corrected chi connectivity index (χ3v) is 2.09. The van der Waals surface area contributed by atoms with Crippen molar-refractivity contribution in [1.29, 1.82) is 0 Å². The number of hydrogen-bond acceptors (Lipinski definition) is 1. The van der Waals surface area contributed by atoms with Crippen molar-refractivity contribution in [1.82, 2.24) is 0 Å². The summed E-state index contributed by atoms with van der Waals surface area (Å²) >= 11 is 0. The molecule has 0 saturated heterocycles. The summed E-state index contributed by atoms with van der Waals surface area (Å²) in [5.74, 6) is -1.35. The minimum absolute atomic E-state index is 0.125. The van der Waals surface area contributed by atoms with Crippen LogP contribution in [0.5, 0.6) is 0 Å². The molecule has 0 radical (unpaired) electrons. The molecule has 1 saturated carbocycles. The van der Waals surface area contributed by atoms with Crippen molar-refractivity contribution < 1.29 is 18.7 Å². The number of carboxylic acids is 1. The molecule has 0 unspecified atom stereocenters. The molecular weight excluding hydrogens is 142 g/mol. The number of hydrogen-bond donors (Lipinski definition) is 1.